The maximum Gasteiger partial charge on any atom is 0.308 e. The van der Waals surface area contributed by atoms with Gasteiger partial charge in [-0.25, -0.2) is 29.3 Å². The predicted molar refractivity (Wildman–Crippen MR) is 129 cm³/mol. The average molecular weight is 476 g/mol. The van der Waals surface area contributed by atoms with Crippen molar-refractivity contribution in [3.8, 4) is 22.6 Å². The van der Waals surface area contributed by atoms with Crippen LogP contribution in [0.3, 0.4) is 0 Å². The highest BCUT2D eigenvalue weighted by Gasteiger charge is 2.32. The van der Waals surface area contributed by atoms with Crippen LogP contribution < -0.4 is 5.32 Å². The molecule has 2 atom stereocenters. The van der Waals surface area contributed by atoms with Crippen LogP contribution in [0.25, 0.3) is 33.7 Å². The smallest absolute Gasteiger partial charge is 0.308 e. The van der Waals surface area contributed by atoms with Gasteiger partial charge in [-0.05, 0) is 31.7 Å². The third-order valence-electron chi connectivity index (χ3n) is 6.72. The highest BCUT2D eigenvalue weighted by atomic mass is 19.1. The number of nitrogens with zero attached hydrogens (tertiary/aromatic N) is 5. The van der Waals surface area contributed by atoms with Crippen molar-refractivity contribution in [3.05, 3.63) is 49.1 Å². The Morgan fingerprint density at radius 2 is 1.91 bits per heavy atom. The second-order valence-electron chi connectivity index (χ2n) is 9.04. The number of halogens is 1. The molecule has 1 aliphatic rings. The maximum absolute atomic E-state index is 14.0. The second-order valence-corrected chi connectivity index (χ2v) is 9.04. The van der Waals surface area contributed by atoms with Gasteiger partial charge in [-0.15, -0.1) is 0 Å². The molecule has 0 amide bonds. The van der Waals surface area contributed by atoms with Crippen LogP contribution in [0, 0.1) is 17.7 Å². The van der Waals surface area contributed by atoms with E-state index in [0.717, 1.165) is 31.9 Å². The summed E-state index contributed by atoms with van der Waals surface area (Å²) in [6.07, 6.45) is 12.9. The van der Waals surface area contributed by atoms with Crippen LogP contribution in [-0.2, 0) is 4.79 Å². The van der Waals surface area contributed by atoms with E-state index >= 15 is 0 Å². The highest BCUT2D eigenvalue weighted by Crippen LogP contribution is 2.33. The van der Waals surface area contributed by atoms with E-state index < -0.39 is 17.7 Å². The summed E-state index contributed by atoms with van der Waals surface area (Å²) in [6.45, 7) is 1.73. The zero-order valence-electron chi connectivity index (χ0n) is 19.3. The SMILES string of the molecule is CC(C(=O)O)C(Nc1cc(-c2cncnc2)nc(-c2c[nH]c3ncc(F)cc23)n1)C1CCCCC1. The molecule has 0 aromatic carbocycles. The van der Waals surface area contributed by atoms with Gasteiger partial charge in [0, 0.05) is 47.2 Å². The fourth-order valence-electron chi connectivity index (χ4n) is 4.85. The molecule has 4 aromatic heterocycles. The van der Waals surface area contributed by atoms with Crippen molar-refractivity contribution in [1.82, 2.24) is 29.9 Å². The number of rotatable bonds is 7. The number of pyridine rings is 1. The Morgan fingerprint density at radius 1 is 1.14 bits per heavy atom. The number of aromatic amines is 1. The summed E-state index contributed by atoms with van der Waals surface area (Å²) < 4.78 is 14.0. The van der Waals surface area contributed by atoms with E-state index in [4.69, 9.17) is 9.97 Å². The molecule has 2 unspecified atom stereocenters. The van der Waals surface area contributed by atoms with E-state index in [1.165, 1.54) is 18.8 Å². The Labute approximate surface area is 201 Å². The summed E-state index contributed by atoms with van der Waals surface area (Å²) in [5, 5.41) is 13.8. The molecule has 1 saturated carbocycles. The van der Waals surface area contributed by atoms with Gasteiger partial charge in [0.25, 0.3) is 0 Å². The monoisotopic (exact) mass is 475 g/mol. The predicted octanol–water partition coefficient (Wildman–Crippen LogP) is 4.70. The van der Waals surface area contributed by atoms with Crippen molar-refractivity contribution in [1.29, 1.82) is 0 Å². The Bertz CT molecular complexity index is 1340. The van der Waals surface area contributed by atoms with E-state index in [1.54, 1.807) is 31.6 Å². The van der Waals surface area contributed by atoms with Gasteiger partial charge in [-0.3, -0.25) is 4.79 Å². The van der Waals surface area contributed by atoms with E-state index in [2.05, 4.69) is 25.3 Å². The molecular formula is C25H26FN7O2. The third kappa shape index (κ3) is 4.82. The van der Waals surface area contributed by atoms with E-state index in [0.29, 0.717) is 39.5 Å². The maximum atomic E-state index is 14.0. The fourth-order valence-corrected chi connectivity index (χ4v) is 4.85. The number of fused-ring (bicyclic) bond motifs is 1. The lowest BCUT2D eigenvalue weighted by Gasteiger charge is -2.33. The van der Waals surface area contributed by atoms with Crippen molar-refractivity contribution in [2.75, 3.05) is 5.32 Å². The summed E-state index contributed by atoms with van der Waals surface area (Å²) in [5.74, 6) is -0.835. The first-order valence-corrected chi connectivity index (χ1v) is 11.8. The Balaban J connectivity index is 1.60. The standard InChI is InChI=1S/C25H26FN7O2/c1-14(25(34)35)22(15-5-3-2-4-6-15)32-21-8-20(16-9-27-13-28-10-16)31-24(33-21)19-12-30-23-18(19)7-17(26)11-29-23/h7-15,22H,2-6H2,1H3,(H,29,30)(H,34,35)(H,31,32,33). The van der Waals surface area contributed by atoms with E-state index in [9.17, 15) is 14.3 Å². The Hall–Kier alpha value is -3.95. The number of hydrogen-bond donors (Lipinski definition) is 3. The van der Waals surface area contributed by atoms with Crippen molar-refractivity contribution in [2.24, 2.45) is 11.8 Å². The Morgan fingerprint density at radius 3 is 2.66 bits per heavy atom. The lowest BCUT2D eigenvalue weighted by Crippen LogP contribution is -2.40. The summed E-state index contributed by atoms with van der Waals surface area (Å²) in [6, 6.07) is 2.87. The first-order chi connectivity index (χ1) is 17.0. The number of carbonyl (C=O) groups is 1. The Kier molecular flexibility index (Phi) is 6.35. The summed E-state index contributed by atoms with van der Waals surface area (Å²) in [4.78, 5) is 36.7. The normalized spacial score (nSPS) is 16.2. The van der Waals surface area contributed by atoms with Gasteiger partial charge in [-0.2, -0.15) is 0 Å². The number of aromatic nitrogens is 6. The van der Waals surface area contributed by atoms with Gasteiger partial charge < -0.3 is 15.4 Å². The molecule has 10 heteroatoms. The fraction of sp³-hybridized carbons (Fsp3) is 0.360. The number of carboxylic acids is 1. The van der Waals surface area contributed by atoms with Crippen molar-refractivity contribution < 1.29 is 14.3 Å². The second kappa shape index (κ2) is 9.73. The lowest BCUT2D eigenvalue weighted by molar-refractivity contribution is -0.142. The third-order valence-corrected chi connectivity index (χ3v) is 6.72. The quantitative estimate of drug-likeness (QED) is 0.351. The van der Waals surface area contributed by atoms with Crippen molar-refractivity contribution in [2.45, 2.75) is 45.1 Å². The van der Waals surface area contributed by atoms with Crippen molar-refractivity contribution >= 4 is 22.8 Å². The van der Waals surface area contributed by atoms with Crippen LogP contribution in [0.4, 0.5) is 10.2 Å². The number of aliphatic carboxylic acids is 1. The van der Waals surface area contributed by atoms with Crippen LogP contribution in [0.2, 0.25) is 0 Å². The first-order valence-electron chi connectivity index (χ1n) is 11.8. The number of nitrogens with one attached hydrogen (secondary N) is 2. The van der Waals surface area contributed by atoms with E-state index in [-0.39, 0.29) is 12.0 Å². The minimum Gasteiger partial charge on any atom is -0.481 e. The van der Waals surface area contributed by atoms with Crippen LogP contribution in [-0.4, -0.2) is 47.0 Å². The molecule has 4 heterocycles. The summed E-state index contributed by atoms with van der Waals surface area (Å²) in [5.41, 5.74) is 2.37. The molecule has 9 nitrogen and oxygen atoms in total. The zero-order chi connectivity index (χ0) is 24.4. The molecule has 0 saturated heterocycles. The molecule has 1 aliphatic carbocycles. The first kappa shape index (κ1) is 22.8. The number of H-pyrrole nitrogens is 1. The van der Waals surface area contributed by atoms with Gasteiger partial charge in [0.15, 0.2) is 5.82 Å². The molecule has 5 rings (SSSR count). The van der Waals surface area contributed by atoms with Gasteiger partial charge in [0.2, 0.25) is 0 Å². The minimum absolute atomic E-state index is 0.225. The van der Waals surface area contributed by atoms with Crippen LogP contribution in [0.1, 0.15) is 39.0 Å². The molecule has 35 heavy (non-hydrogen) atoms. The van der Waals surface area contributed by atoms with Gasteiger partial charge in [0.05, 0.1) is 17.8 Å². The molecule has 0 spiro atoms. The van der Waals surface area contributed by atoms with Gasteiger partial charge >= 0.3 is 5.97 Å². The van der Waals surface area contributed by atoms with Crippen molar-refractivity contribution in [3.63, 3.8) is 0 Å². The van der Waals surface area contributed by atoms with Gasteiger partial charge in [0.1, 0.15) is 23.6 Å². The summed E-state index contributed by atoms with van der Waals surface area (Å²) in [7, 11) is 0. The van der Waals surface area contributed by atoms with E-state index in [1.807, 2.05) is 0 Å². The summed E-state index contributed by atoms with van der Waals surface area (Å²) >= 11 is 0. The topological polar surface area (TPSA) is 130 Å². The zero-order valence-corrected chi connectivity index (χ0v) is 19.3. The molecule has 3 N–H and O–H groups in total. The van der Waals surface area contributed by atoms with Crippen LogP contribution in [0.5, 0.6) is 0 Å². The number of hydrogen-bond acceptors (Lipinski definition) is 7. The van der Waals surface area contributed by atoms with Crippen LogP contribution >= 0.6 is 0 Å². The lowest BCUT2D eigenvalue weighted by atomic mass is 9.79. The number of carboxylic acid groups (broad SMARTS) is 1. The molecule has 180 valence electrons. The minimum atomic E-state index is -0.850. The molecule has 0 aliphatic heterocycles. The van der Waals surface area contributed by atoms with Crippen LogP contribution in [0.15, 0.2) is 43.2 Å². The average Bonchev–Trinajstić information content (AvgIpc) is 3.31. The number of anilines is 1. The van der Waals surface area contributed by atoms with Gasteiger partial charge in [-0.1, -0.05) is 19.3 Å². The highest BCUT2D eigenvalue weighted by molar-refractivity contribution is 5.92. The largest absolute Gasteiger partial charge is 0.481 e. The molecule has 0 radical (unpaired) electrons. The molecule has 4 aromatic rings. The molecule has 0 bridgehead atoms. The molecule has 1 fully saturated rings. The molecular weight excluding hydrogens is 449 g/mol.